The molecule has 2 heteroatoms. The zero-order valence-electron chi connectivity index (χ0n) is 6.05. The Bertz CT molecular complexity index is 233. The van der Waals surface area contributed by atoms with E-state index in [1.165, 1.54) is 11.3 Å². The molecule has 0 aliphatic carbocycles. The lowest BCUT2D eigenvalue weighted by Gasteiger charge is -2.12. The molecule has 0 saturated carbocycles. The van der Waals surface area contributed by atoms with E-state index in [9.17, 15) is 0 Å². The zero-order valence-corrected chi connectivity index (χ0v) is 5.87. The van der Waals surface area contributed by atoms with Gasteiger partial charge in [0.15, 0.2) is 0 Å². The van der Waals surface area contributed by atoms with Crippen molar-refractivity contribution in [2.45, 2.75) is 12.8 Å². The van der Waals surface area contributed by atoms with Crippen molar-refractivity contribution in [3.05, 3.63) is 16.3 Å². The van der Waals surface area contributed by atoms with Crippen LogP contribution in [0.2, 0.25) is 0 Å². The summed E-state index contributed by atoms with van der Waals surface area (Å²) in [5.41, 5.74) is 2.56. The van der Waals surface area contributed by atoms with E-state index in [-0.39, 0.29) is 6.40 Å². The molecule has 0 fully saturated rings. The van der Waals surface area contributed by atoms with E-state index in [0.717, 1.165) is 13.0 Å². The van der Waals surface area contributed by atoms with Crippen molar-refractivity contribution in [3.63, 3.8) is 0 Å². The van der Waals surface area contributed by atoms with Crippen LogP contribution in [0.25, 0.3) is 0 Å². The molecule has 2 rings (SSSR count). The Morgan fingerprint density at radius 3 is 3.67 bits per heavy atom. The van der Waals surface area contributed by atoms with Gasteiger partial charge >= 0.3 is 0 Å². The second kappa shape index (κ2) is 2.03. The molecule has 1 unspecified atom stereocenters. The average Bonchev–Trinajstić information content (AvgIpc) is 2.33. The van der Waals surface area contributed by atoms with Crippen molar-refractivity contribution in [3.8, 4) is 0 Å². The molecule has 1 N–H and O–H groups in total. The van der Waals surface area contributed by atoms with Gasteiger partial charge < -0.3 is 5.32 Å². The molecular weight excluding hydrogens is 130 g/mol. The normalized spacial score (nSPS) is 26.2. The third-order valence-corrected chi connectivity index (χ3v) is 2.34. The second-order valence-electron chi connectivity index (χ2n) is 2.18. The van der Waals surface area contributed by atoms with Crippen LogP contribution in [0.5, 0.6) is 0 Å². The molecule has 1 aliphatic rings. The van der Waals surface area contributed by atoms with Gasteiger partial charge in [0.2, 0.25) is 0 Å². The van der Waals surface area contributed by atoms with E-state index in [0.29, 0.717) is 0 Å². The molecule has 0 radical (unpaired) electrons. The molecule has 0 spiro atoms. The Labute approximate surface area is 60.1 Å². The van der Waals surface area contributed by atoms with Gasteiger partial charge in [0.1, 0.15) is 0 Å². The number of thiophene rings is 1. The predicted molar refractivity (Wildman–Crippen MR) is 41.1 cm³/mol. The summed E-state index contributed by atoms with van der Waals surface area (Å²) < 4.78 is 7.48. The van der Waals surface area contributed by atoms with Crippen molar-refractivity contribution >= 4 is 17.0 Å². The Hall–Kier alpha value is -0.500. The summed E-state index contributed by atoms with van der Waals surface area (Å²) >= 11 is 1.71. The maximum absolute atomic E-state index is 7.48. The van der Waals surface area contributed by atoms with Gasteiger partial charge in [0, 0.05) is 19.0 Å². The van der Waals surface area contributed by atoms with Crippen LogP contribution in [0.4, 0.5) is 5.69 Å². The molecule has 0 saturated heterocycles. The lowest BCUT2D eigenvalue weighted by molar-refractivity contribution is 0.835. The first-order valence-corrected chi connectivity index (χ1v) is 4.02. The molecule has 1 atom stereocenters. The van der Waals surface area contributed by atoms with Gasteiger partial charge in [-0.3, -0.25) is 0 Å². The standard InChI is InChI=1S/C7H9NS/c1-2-6-4-9-5-7(6)8-3-1/h4-5,8H,1-3H2/i1D. The summed E-state index contributed by atoms with van der Waals surface area (Å²) in [6, 6.07) is 0. The van der Waals surface area contributed by atoms with Crippen LogP contribution in [-0.2, 0) is 6.42 Å². The fourth-order valence-electron chi connectivity index (χ4n) is 1.05. The van der Waals surface area contributed by atoms with Crippen LogP contribution >= 0.6 is 11.3 Å². The zero-order chi connectivity index (χ0) is 6.97. The van der Waals surface area contributed by atoms with Crippen molar-refractivity contribution in [2.75, 3.05) is 11.9 Å². The minimum atomic E-state index is 0.0575. The highest BCUT2D eigenvalue weighted by Crippen LogP contribution is 2.24. The molecule has 9 heavy (non-hydrogen) atoms. The molecular formula is C7H9NS. The molecule has 1 aromatic heterocycles. The van der Waals surface area contributed by atoms with Crippen LogP contribution in [-0.4, -0.2) is 6.54 Å². The molecule has 1 nitrogen and oxygen atoms in total. The molecule has 0 aromatic carbocycles. The van der Waals surface area contributed by atoms with Gasteiger partial charge in [-0.25, -0.2) is 0 Å². The van der Waals surface area contributed by atoms with Gasteiger partial charge in [-0.1, -0.05) is 0 Å². The van der Waals surface area contributed by atoms with Gasteiger partial charge in [-0.15, -0.1) is 11.3 Å². The molecule has 1 aromatic rings. The van der Waals surface area contributed by atoms with E-state index in [1.807, 2.05) is 0 Å². The maximum atomic E-state index is 7.48. The van der Waals surface area contributed by atoms with Crippen LogP contribution in [0, 0.1) is 0 Å². The molecule has 0 bridgehead atoms. The number of hydrogen-bond donors (Lipinski definition) is 1. The first-order chi connectivity index (χ1) is 4.86. The maximum Gasteiger partial charge on any atom is 0.0481 e. The SMILES string of the molecule is [2H]C1CNc2cscc2C1. The minimum absolute atomic E-state index is 0.0575. The lowest BCUT2D eigenvalue weighted by Crippen LogP contribution is -2.08. The Kier molecular flexibility index (Phi) is 0.977. The monoisotopic (exact) mass is 140 g/mol. The first kappa shape index (κ1) is 4.34. The quantitative estimate of drug-likeness (QED) is 0.582. The topological polar surface area (TPSA) is 12.0 Å². The number of aryl methyl sites for hydroxylation is 1. The summed E-state index contributed by atoms with van der Waals surface area (Å²) in [4.78, 5) is 0. The van der Waals surface area contributed by atoms with Gasteiger partial charge in [-0.05, 0) is 23.8 Å². The largest absolute Gasteiger partial charge is 0.384 e. The van der Waals surface area contributed by atoms with Crippen LogP contribution in [0.15, 0.2) is 10.8 Å². The first-order valence-electron chi connectivity index (χ1n) is 3.65. The lowest BCUT2D eigenvalue weighted by atomic mass is 10.1. The highest BCUT2D eigenvalue weighted by Gasteiger charge is 2.06. The van der Waals surface area contributed by atoms with Gasteiger partial charge in [0.05, 0.1) is 0 Å². The van der Waals surface area contributed by atoms with Crippen molar-refractivity contribution in [2.24, 2.45) is 0 Å². The highest BCUT2D eigenvalue weighted by atomic mass is 32.1. The van der Waals surface area contributed by atoms with Crippen LogP contribution in [0.1, 0.15) is 13.3 Å². The smallest absolute Gasteiger partial charge is 0.0481 e. The van der Waals surface area contributed by atoms with Crippen LogP contribution < -0.4 is 5.32 Å². The van der Waals surface area contributed by atoms with E-state index in [2.05, 4.69) is 16.1 Å². The Balaban J connectivity index is 2.30. The summed E-state index contributed by atoms with van der Waals surface area (Å²) in [5, 5.41) is 7.46. The van der Waals surface area contributed by atoms with E-state index in [4.69, 9.17) is 1.37 Å². The number of rotatable bonds is 0. The van der Waals surface area contributed by atoms with Gasteiger partial charge in [0.25, 0.3) is 0 Å². The minimum Gasteiger partial charge on any atom is -0.384 e. The summed E-state index contributed by atoms with van der Waals surface area (Å²) in [6.07, 6.45) is 0.980. The predicted octanol–water partition coefficient (Wildman–Crippen LogP) is 2.11. The molecule has 48 valence electrons. The van der Waals surface area contributed by atoms with Crippen molar-refractivity contribution in [1.29, 1.82) is 0 Å². The molecule has 0 amide bonds. The summed E-state index contributed by atoms with van der Waals surface area (Å²) in [6.45, 7) is 0.809. The van der Waals surface area contributed by atoms with Crippen molar-refractivity contribution < 1.29 is 1.37 Å². The van der Waals surface area contributed by atoms with Gasteiger partial charge in [-0.2, -0.15) is 0 Å². The van der Waals surface area contributed by atoms with Crippen molar-refractivity contribution in [1.82, 2.24) is 0 Å². The Morgan fingerprint density at radius 2 is 2.67 bits per heavy atom. The van der Waals surface area contributed by atoms with E-state index >= 15 is 0 Å². The number of nitrogens with one attached hydrogen (secondary N) is 1. The van der Waals surface area contributed by atoms with Crippen LogP contribution in [0.3, 0.4) is 0 Å². The van der Waals surface area contributed by atoms with E-state index < -0.39 is 0 Å². The number of hydrogen-bond acceptors (Lipinski definition) is 2. The number of fused-ring (bicyclic) bond motifs is 1. The summed E-state index contributed by atoms with van der Waals surface area (Å²) in [7, 11) is 0. The molecule has 1 aliphatic heterocycles. The third-order valence-electron chi connectivity index (χ3n) is 1.54. The second-order valence-corrected chi connectivity index (χ2v) is 2.93. The average molecular weight is 140 g/mol. The molecule has 2 heterocycles. The van der Waals surface area contributed by atoms with E-state index in [1.54, 1.807) is 11.3 Å². The summed E-state index contributed by atoms with van der Waals surface area (Å²) in [5.74, 6) is 0. The third kappa shape index (κ3) is 0.833. The Morgan fingerprint density at radius 1 is 1.67 bits per heavy atom. The number of anilines is 1. The fraction of sp³-hybridized carbons (Fsp3) is 0.429. The fourth-order valence-corrected chi connectivity index (χ4v) is 1.87. The highest BCUT2D eigenvalue weighted by molar-refractivity contribution is 7.08.